The van der Waals surface area contributed by atoms with Crippen LogP contribution in [0, 0.1) is 0 Å². The first kappa shape index (κ1) is 19.7. The molecule has 0 aromatic heterocycles. The Morgan fingerprint density at radius 1 is 1.17 bits per heavy atom. The standard InChI is InChI=1S/C21H27NO2/c1-5-15-22(4)16-6-7-17-24-20-13-11-19(12-14-20)21(23)10-8-9-18(2)3/h5-14H,1,15-17H2,2-4H3/b7-6+,10-8+. The Bertz CT molecular complexity index is 605. The molecule has 0 N–H and O–H groups in total. The fraction of sp³-hybridized carbons (Fsp3) is 0.286. The zero-order chi connectivity index (χ0) is 17.8. The highest BCUT2D eigenvalue weighted by Gasteiger charge is 2.01. The van der Waals surface area contributed by atoms with Gasteiger partial charge in [-0.05, 0) is 51.2 Å². The molecule has 0 fully saturated rings. The van der Waals surface area contributed by atoms with Gasteiger partial charge in [0.25, 0.3) is 0 Å². The van der Waals surface area contributed by atoms with Crippen LogP contribution in [0.25, 0.3) is 0 Å². The maximum absolute atomic E-state index is 12.0. The van der Waals surface area contributed by atoms with Gasteiger partial charge in [-0.2, -0.15) is 0 Å². The van der Waals surface area contributed by atoms with Crippen LogP contribution in [-0.2, 0) is 0 Å². The Labute approximate surface area is 145 Å². The normalized spacial score (nSPS) is 11.2. The average Bonchev–Trinajstić information content (AvgIpc) is 2.55. The molecule has 0 unspecified atom stereocenters. The van der Waals surface area contributed by atoms with Crippen LogP contribution in [-0.4, -0.2) is 37.4 Å². The predicted molar refractivity (Wildman–Crippen MR) is 102 cm³/mol. The molecule has 128 valence electrons. The van der Waals surface area contributed by atoms with Crippen molar-refractivity contribution in [2.24, 2.45) is 0 Å². The van der Waals surface area contributed by atoms with Gasteiger partial charge in [0.05, 0.1) is 0 Å². The van der Waals surface area contributed by atoms with Crippen LogP contribution in [0.5, 0.6) is 5.75 Å². The minimum atomic E-state index is -0.01000. The number of ether oxygens (including phenoxy) is 1. The van der Waals surface area contributed by atoms with Crippen molar-refractivity contribution in [2.45, 2.75) is 13.8 Å². The third-order valence-electron chi connectivity index (χ3n) is 3.19. The number of likely N-dealkylation sites (N-methyl/N-ethyl adjacent to an activating group) is 1. The van der Waals surface area contributed by atoms with E-state index in [2.05, 4.69) is 17.6 Å². The molecule has 3 nitrogen and oxygen atoms in total. The summed E-state index contributed by atoms with van der Waals surface area (Å²) in [5, 5.41) is 0. The number of nitrogens with zero attached hydrogens (tertiary/aromatic N) is 1. The molecule has 24 heavy (non-hydrogen) atoms. The smallest absolute Gasteiger partial charge is 0.185 e. The number of hydrogen-bond acceptors (Lipinski definition) is 3. The summed E-state index contributed by atoms with van der Waals surface area (Å²) in [6.45, 7) is 9.93. The Morgan fingerprint density at radius 2 is 1.88 bits per heavy atom. The van der Waals surface area contributed by atoms with E-state index >= 15 is 0 Å². The highest BCUT2D eigenvalue weighted by Crippen LogP contribution is 2.13. The van der Waals surface area contributed by atoms with E-state index in [1.807, 2.05) is 51.3 Å². The van der Waals surface area contributed by atoms with Crippen LogP contribution in [0.3, 0.4) is 0 Å². The summed E-state index contributed by atoms with van der Waals surface area (Å²) >= 11 is 0. The number of carbonyl (C=O) groups is 1. The summed E-state index contributed by atoms with van der Waals surface area (Å²) in [6.07, 6.45) is 11.2. The molecule has 0 saturated heterocycles. The maximum atomic E-state index is 12.0. The van der Waals surface area contributed by atoms with Crippen molar-refractivity contribution in [3.8, 4) is 5.75 Å². The molecule has 0 bridgehead atoms. The third kappa shape index (κ3) is 8.30. The zero-order valence-corrected chi connectivity index (χ0v) is 14.9. The fourth-order valence-corrected chi connectivity index (χ4v) is 1.90. The number of allylic oxidation sites excluding steroid dienone is 4. The van der Waals surface area contributed by atoms with Crippen LogP contribution < -0.4 is 4.74 Å². The van der Waals surface area contributed by atoms with Gasteiger partial charge in [-0.25, -0.2) is 0 Å². The van der Waals surface area contributed by atoms with Gasteiger partial charge in [0.1, 0.15) is 12.4 Å². The highest BCUT2D eigenvalue weighted by molar-refractivity contribution is 6.04. The molecule has 3 heteroatoms. The van der Waals surface area contributed by atoms with E-state index in [0.717, 1.165) is 24.4 Å². The van der Waals surface area contributed by atoms with Gasteiger partial charge in [0.15, 0.2) is 5.78 Å². The van der Waals surface area contributed by atoms with Crippen molar-refractivity contribution in [3.63, 3.8) is 0 Å². The SMILES string of the molecule is C=CCN(C)C/C=C/COc1ccc(C(=O)/C=C/C=C(C)C)cc1. The van der Waals surface area contributed by atoms with E-state index in [-0.39, 0.29) is 5.78 Å². The Morgan fingerprint density at radius 3 is 2.50 bits per heavy atom. The van der Waals surface area contributed by atoms with Crippen LogP contribution >= 0.6 is 0 Å². The second-order valence-electron chi connectivity index (χ2n) is 5.78. The van der Waals surface area contributed by atoms with Gasteiger partial charge in [0.2, 0.25) is 0 Å². The van der Waals surface area contributed by atoms with Crippen molar-refractivity contribution < 1.29 is 9.53 Å². The molecule has 0 spiro atoms. The van der Waals surface area contributed by atoms with Crippen LogP contribution in [0.2, 0.25) is 0 Å². The first-order valence-corrected chi connectivity index (χ1v) is 8.06. The van der Waals surface area contributed by atoms with Crippen molar-refractivity contribution in [1.29, 1.82) is 0 Å². The minimum Gasteiger partial charge on any atom is -0.490 e. The van der Waals surface area contributed by atoms with Crippen LogP contribution in [0.1, 0.15) is 24.2 Å². The Balaban J connectivity index is 2.43. The van der Waals surface area contributed by atoms with E-state index < -0.39 is 0 Å². The lowest BCUT2D eigenvalue weighted by molar-refractivity contribution is 0.104. The Kier molecular flexibility index (Phi) is 9.17. The lowest BCUT2D eigenvalue weighted by atomic mass is 10.1. The van der Waals surface area contributed by atoms with Crippen molar-refractivity contribution in [3.05, 3.63) is 78.4 Å². The molecule has 1 aromatic rings. The average molecular weight is 325 g/mol. The summed E-state index contributed by atoms with van der Waals surface area (Å²) < 4.78 is 5.63. The second-order valence-corrected chi connectivity index (χ2v) is 5.78. The summed E-state index contributed by atoms with van der Waals surface area (Å²) in [5.41, 5.74) is 1.81. The molecular weight excluding hydrogens is 298 g/mol. The summed E-state index contributed by atoms with van der Waals surface area (Å²) in [7, 11) is 2.04. The second kappa shape index (κ2) is 11.2. The van der Waals surface area contributed by atoms with Gasteiger partial charge in [0, 0.05) is 18.7 Å². The van der Waals surface area contributed by atoms with Gasteiger partial charge in [-0.3, -0.25) is 9.69 Å². The molecule has 0 aliphatic heterocycles. The van der Waals surface area contributed by atoms with E-state index in [1.54, 1.807) is 24.3 Å². The molecule has 0 amide bonds. The first-order valence-electron chi connectivity index (χ1n) is 8.06. The molecule has 1 rings (SSSR count). The largest absolute Gasteiger partial charge is 0.490 e. The topological polar surface area (TPSA) is 29.5 Å². The summed E-state index contributed by atoms with van der Waals surface area (Å²) in [6, 6.07) is 7.21. The van der Waals surface area contributed by atoms with Crippen LogP contribution in [0.15, 0.2) is 72.9 Å². The maximum Gasteiger partial charge on any atom is 0.185 e. The molecular formula is C21H27NO2. The number of hydrogen-bond donors (Lipinski definition) is 0. The van der Waals surface area contributed by atoms with Gasteiger partial charge in [-0.15, -0.1) is 6.58 Å². The van der Waals surface area contributed by atoms with Crippen LogP contribution in [0.4, 0.5) is 0 Å². The number of ketones is 1. The third-order valence-corrected chi connectivity index (χ3v) is 3.19. The summed E-state index contributed by atoms with van der Waals surface area (Å²) in [5.74, 6) is 0.744. The molecule has 0 heterocycles. The Hall–Kier alpha value is -2.39. The van der Waals surface area contributed by atoms with E-state index in [1.165, 1.54) is 0 Å². The quantitative estimate of drug-likeness (QED) is 0.275. The highest BCUT2D eigenvalue weighted by atomic mass is 16.5. The fourth-order valence-electron chi connectivity index (χ4n) is 1.90. The molecule has 0 atom stereocenters. The zero-order valence-electron chi connectivity index (χ0n) is 14.9. The van der Waals surface area contributed by atoms with Gasteiger partial charge < -0.3 is 4.74 Å². The van der Waals surface area contributed by atoms with Crippen molar-refractivity contribution in [2.75, 3.05) is 26.7 Å². The van der Waals surface area contributed by atoms with Gasteiger partial charge in [-0.1, -0.05) is 36.0 Å². The molecule has 0 aliphatic rings. The summed E-state index contributed by atoms with van der Waals surface area (Å²) in [4.78, 5) is 14.1. The molecule has 0 saturated carbocycles. The number of benzene rings is 1. The molecule has 1 aromatic carbocycles. The molecule has 0 radical (unpaired) electrons. The number of carbonyl (C=O) groups excluding carboxylic acids is 1. The number of rotatable bonds is 10. The monoisotopic (exact) mass is 325 g/mol. The van der Waals surface area contributed by atoms with E-state index in [4.69, 9.17) is 4.74 Å². The minimum absolute atomic E-state index is 0.01000. The van der Waals surface area contributed by atoms with Crippen molar-refractivity contribution in [1.82, 2.24) is 4.90 Å². The lowest BCUT2D eigenvalue weighted by Gasteiger charge is -2.10. The predicted octanol–water partition coefficient (Wildman–Crippen LogP) is 4.44. The first-order chi connectivity index (χ1) is 11.5. The lowest BCUT2D eigenvalue weighted by Crippen LogP contribution is -2.17. The van der Waals surface area contributed by atoms with Crippen molar-refractivity contribution >= 4 is 5.78 Å². The molecule has 0 aliphatic carbocycles. The van der Waals surface area contributed by atoms with E-state index in [9.17, 15) is 4.79 Å². The van der Waals surface area contributed by atoms with Gasteiger partial charge >= 0.3 is 0 Å². The van der Waals surface area contributed by atoms with E-state index in [0.29, 0.717) is 12.2 Å².